The Balaban J connectivity index is 0.000000139. The molecule has 0 aliphatic carbocycles. The first-order valence-electron chi connectivity index (χ1n) is 11.8. The minimum absolute atomic E-state index is 0.608. The molecule has 0 radical (unpaired) electrons. The smallest absolute Gasteiger partial charge is 0.120 e. The fraction of sp³-hybridized carbons (Fsp3) is 0.241. The van der Waals surface area contributed by atoms with Gasteiger partial charge in [-0.05, 0) is 74.3 Å². The first-order chi connectivity index (χ1) is 16.3. The van der Waals surface area contributed by atoms with Crippen LogP contribution in [0.2, 0.25) is 0 Å². The van der Waals surface area contributed by atoms with E-state index in [1.54, 1.807) is 0 Å². The van der Waals surface area contributed by atoms with Gasteiger partial charge in [-0.25, -0.2) is 0 Å². The molecule has 0 bridgehead atoms. The Morgan fingerprint density at radius 3 is 2.61 bits per heavy atom. The van der Waals surface area contributed by atoms with E-state index >= 15 is 0 Å². The lowest BCUT2D eigenvalue weighted by Gasteiger charge is -2.18. The standard InChI is InChI=1S/C15H13NO.C14H18N2/c1-2-4-12(5-3-1)11-17-14-6-7-15-13(10-14)8-9-16-15;1-16-8-4-5-12(16)9-11-10-15-14-7-3-2-6-13(11)14/h1-10,16H,11H2;2-3,6-7,10,12,15H,4-5,8-9H2,1H3. The Labute approximate surface area is 195 Å². The second kappa shape index (κ2) is 9.97. The van der Waals surface area contributed by atoms with Gasteiger partial charge in [-0.1, -0.05) is 48.5 Å². The molecule has 2 N–H and O–H groups in total. The summed E-state index contributed by atoms with van der Waals surface area (Å²) in [6.07, 6.45) is 7.99. The third-order valence-electron chi connectivity index (χ3n) is 6.58. The number of H-pyrrole nitrogens is 2. The molecule has 0 spiro atoms. The number of likely N-dealkylation sites (N-methyl/N-ethyl adjacent to an activating group) is 1. The predicted molar refractivity (Wildman–Crippen MR) is 137 cm³/mol. The summed E-state index contributed by atoms with van der Waals surface area (Å²) in [6.45, 7) is 1.86. The molecule has 5 aromatic rings. The number of benzene rings is 3. The van der Waals surface area contributed by atoms with Crippen LogP contribution in [0.3, 0.4) is 0 Å². The average Bonchev–Trinajstić information content (AvgIpc) is 3.59. The van der Waals surface area contributed by atoms with Gasteiger partial charge in [-0.3, -0.25) is 0 Å². The van der Waals surface area contributed by atoms with E-state index in [9.17, 15) is 0 Å². The van der Waals surface area contributed by atoms with Gasteiger partial charge in [0.15, 0.2) is 0 Å². The maximum Gasteiger partial charge on any atom is 0.120 e. The Morgan fingerprint density at radius 1 is 0.909 bits per heavy atom. The van der Waals surface area contributed by atoms with Crippen LogP contribution in [-0.2, 0) is 13.0 Å². The minimum atomic E-state index is 0.608. The number of para-hydroxylation sites is 1. The molecular formula is C29H31N3O. The van der Waals surface area contributed by atoms with Gasteiger partial charge in [0, 0.05) is 40.2 Å². The Morgan fingerprint density at radius 2 is 1.76 bits per heavy atom. The van der Waals surface area contributed by atoms with Gasteiger partial charge in [0.05, 0.1) is 0 Å². The molecule has 168 valence electrons. The molecule has 0 amide bonds. The van der Waals surface area contributed by atoms with Gasteiger partial charge in [0.1, 0.15) is 12.4 Å². The number of hydrogen-bond acceptors (Lipinski definition) is 2. The quantitative estimate of drug-likeness (QED) is 0.327. The molecule has 0 saturated carbocycles. The van der Waals surface area contributed by atoms with Crippen LogP contribution in [0.25, 0.3) is 21.8 Å². The van der Waals surface area contributed by atoms with Gasteiger partial charge < -0.3 is 19.6 Å². The third-order valence-corrected chi connectivity index (χ3v) is 6.58. The Hall–Kier alpha value is -3.50. The van der Waals surface area contributed by atoms with E-state index in [4.69, 9.17) is 4.74 Å². The molecule has 1 saturated heterocycles. The second-order valence-electron chi connectivity index (χ2n) is 8.84. The second-order valence-corrected chi connectivity index (χ2v) is 8.84. The lowest BCUT2D eigenvalue weighted by atomic mass is 10.0. The van der Waals surface area contributed by atoms with E-state index in [0.717, 1.165) is 17.3 Å². The first kappa shape index (κ1) is 21.4. The monoisotopic (exact) mass is 437 g/mol. The van der Waals surface area contributed by atoms with Crippen molar-refractivity contribution >= 4 is 21.8 Å². The van der Waals surface area contributed by atoms with Crippen LogP contribution in [0, 0.1) is 0 Å². The zero-order valence-corrected chi connectivity index (χ0v) is 19.1. The molecular weight excluding hydrogens is 406 g/mol. The van der Waals surface area contributed by atoms with Crippen molar-refractivity contribution in [2.75, 3.05) is 13.6 Å². The minimum Gasteiger partial charge on any atom is -0.489 e. The number of aromatic nitrogens is 2. The van der Waals surface area contributed by atoms with Crippen LogP contribution in [0.1, 0.15) is 24.0 Å². The summed E-state index contributed by atoms with van der Waals surface area (Å²) >= 11 is 0. The third kappa shape index (κ3) is 5.12. The maximum atomic E-state index is 5.76. The molecule has 6 rings (SSSR count). The summed E-state index contributed by atoms with van der Waals surface area (Å²) in [7, 11) is 2.24. The number of nitrogens with zero attached hydrogens (tertiary/aromatic N) is 1. The van der Waals surface area contributed by atoms with Crippen molar-refractivity contribution in [1.82, 2.24) is 14.9 Å². The number of rotatable bonds is 5. The van der Waals surface area contributed by atoms with Crippen molar-refractivity contribution in [2.45, 2.75) is 31.9 Å². The highest BCUT2D eigenvalue weighted by atomic mass is 16.5. The lowest BCUT2D eigenvalue weighted by Crippen LogP contribution is -2.26. The topological polar surface area (TPSA) is 44.0 Å². The van der Waals surface area contributed by atoms with Crippen molar-refractivity contribution in [3.8, 4) is 5.75 Å². The zero-order valence-electron chi connectivity index (χ0n) is 19.1. The Kier molecular flexibility index (Phi) is 6.45. The number of nitrogens with one attached hydrogen (secondary N) is 2. The molecule has 4 heteroatoms. The van der Waals surface area contributed by atoms with Gasteiger partial charge in [-0.15, -0.1) is 0 Å². The van der Waals surface area contributed by atoms with Crippen LogP contribution < -0.4 is 4.74 Å². The van der Waals surface area contributed by atoms with E-state index in [1.807, 2.05) is 42.6 Å². The number of hydrogen-bond donors (Lipinski definition) is 2. The van der Waals surface area contributed by atoms with E-state index < -0.39 is 0 Å². The van der Waals surface area contributed by atoms with E-state index in [0.29, 0.717) is 6.61 Å². The lowest BCUT2D eigenvalue weighted by molar-refractivity contribution is 0.306. The van der Waals surface area contributed by atoms with Gasteiger partial charge in [0.2, 0.25) is 0 Å². The molecule has 1 aliphatic heterocycles. The molecule has 4 nitrogen and oxygen atoms in total. The van der Waals surface area contributed by atoms with Crippen molar-refractivity contribution in [3.05, 3.63) is 102 Å². The molecule has 2 aromatic heterocycles. The fourth-order valence-corrected chi connectivity index (χ4v) is 4.65. The highest BCUT2D eigenvalue weighted by Crippen LogP contribution is 2.24. The van der Waals surface area contributed by atoms with Crippen molar-refractivity contribution in [3.63, 3.8) is 0 Å². The normalized spacial score (nSPS) is 16.1. The Bertz CT molecular complexity index is 1300. The van der Waals surface area contributed by atoms with Gasteiger partial charge >= 0.3 is 0 Å². The largest absolute Gasteiger partial charge is 0.489 e. The molecule has 1 atom stereocenters. The van der Waals surface area contributed by atoms with Crippen molar-refractivity contribution < 1.29 is 4.74 Å². The summed E-state index contributed by atoms with van der Waals surface area (Å²) < 4.78 is 5.76. The molecule has 1 unspecified atom stereocenters. The predicted octanol–water partition coefficient (Wildman–Crippen LogP) is 6.55. The van der Waals surface area contributed by atoms with Crippen molar-refractivity contribution in [1.29, 1.82) is 0 Å². The summed E-state index contributed by atoms with van der Waals surface area (Å²) in [5, 5.41) is 2.57. The number of likely N-dealkylation sites (tertiary alicyclic amines) is 1. The number of ether oxygens (including phenoxy) is 1. The van der Waals surface area contributed by atoms with Crippen LogP contribution in [0.5, 0.6) is 5.75 Å². The maximum absolute atomic E-state index is 5.76. The summed E-state index contributed by atoms with van der Waals surface area (Å²) in [5.41, 5.74) is 5.05. The average molecular weight is 438 g/mol. The van der Waals surface area contributed by atoms with E-state index in [2.05, 4.69) is 70.6 Å². The molecule has 1 fully saturated rings. The van der Waals surface area contributed by atoms with E-state index in [-0.39, 0.29) is 0 Å². The highest BCUT2D eigenvalue weighted by molar-refractivity contribution is 5.83. The number of aromatic amines is 2. The van der Waals surface area contributed by atoms with Crippen LogP contribution in [-0.4, -0.2) is 34.5 Å². The zero-order chi connectivity index (χ0) is 22.5. The SMILES string of the molecule is CN1CCCC1Cc1c[nH]c2ccccc12.c1ccc(COc2ccc3[nH]ccc3c2)cc1. The van der Waals surface area contributed by atoms with Crippen LogP contribution in [0.15, 0.2) is 91.3 Å². The molecule has 33 heavy (non-hydrogen) atoms. The first-order valence-corrected chi connectivity index (χ1v) is 11.8. The summed E-state index contributed by atoms with van der Waals surface area (Å²) in [6, 6.07) is 27.6. The van der Waals surface area contributed by atoms with Crippen molar-refractivity contribution in [2.24, 2.45) is 0 Å². The molecule has 3 heterocycles. The van der Waals surface area contributed by atoms with Crippen LogP contribution >= 0.6 is 0 Å². The number of fused-ring (bicyclic) bond motifs is 2. The van der Waals surface area contributed by atoms with Crippen LogP contribution in [0.4, 0.5) is 0 Å². The molecule has 3 aromatic carbocycles. The van der Waals surface area contributed by atoms with Gasteiger partial charge in [0.25, 0.3) is 0 Å². The summed E-state index contributed by atoms with van der Waals surface area (Å²) in [4.78, 5) is 9.01. The molecule has 1 aliphatic rings. The fourth-order valence-electron chi connectivity index (χ4n) is 4.65. The summed E-state index contributed by atoms with van der Waals surface area (Å²) in [5.74, 6) is 0.904. The highest BCUT2D eigenvalue weighted by Gasteiger charge is 2.21. The van der Waals surface area contributed by atoms with E-state index in [1.165, 1.54) is 53.2 Å². The van der Waals surface area contributed by atoms with Gasteiger partial charge in [-0.2, -0.15) is 0 Å².